The van der Waals surface area contributed by atoms with Gasteiger partial charge in [0.05, 0.1) is 12.2 Å². The molecule has 17 heavy (non-hydrogen) atoms. The summed E-state index contributed by atoms with van der Waals surface area (Å²) in [5.74, 6) is 0.501. The van der Waals surface area contributed by atoms with Gasteiger partial charge in [0.15, 0.2) is 0 Å². The second kappa shape index (κ2) is 3.69. The van der Waals surface area contributed by atoms with Crippen LogP contribution in [0.3, 0.4) is 0 Å². The molecule has 0 radical (unpaired) electrons. The summed E-state index contributed by atoms with van der Waals surface area (Å²) in [6, 6.07) is 8.97. The van der Waals surface area contributed by atoms with Crippen molar-refractivity contribution in [1.29, 1.82) is 0 Å². The Balaban J connectivity index is 1.59. The van der Waals surface area contributed by atoms with E-state index in [1.165, 1.54) is 0 Å². The van der Waals surface area contributed by atoms with Gasteiger partial charge in [-0.1, -0.05) is 18.2 Å². The summed E-state index contributed by atoms with van der Waals surface area (Å²) >= 11 is 0. The van der Waals surface area contributed by atoms with E-state index in [0.717, 1.165) is 6.42 Å². The molecule has 1 aromatic carbocycles. The highest BCUT2D eigenvalue weighted by molar-refractivity contribution is 5.89. The Kier molecular flexibility index (Phi) is 2.28. The Bertz CT molecular complexity index is 466. The zero-order valence-corrected chi connectivity index (χ0v) is 9.52. The third kappa shape index (κ3) is 1.86. The van der Waals surface area contributed by atoms with E-state index in [1.807, 2.05) is 18.2 Å². The lowest BCUT2D eigenvalue weighted by Gasteiger charge is -2.11. The normalized spacial score (nSPS) is 29.9. The number of esters is 1. The van der Waals surface area contributed by atoms with Crippen LogP contribution in [0.25, 0.3) is 0 Å². The molecule has 3 heteroatoms. The molecule has 2 saturated carbocycles. The molecule has 0 bridgehead atoms. The van der Waals surface area contributed by atoms with Crippen LogP contribution in [-0.4, -0.2) is 18.4 Å². The van der Waals surface area contributed by atoms with Crippen molar-refractivity contribution in [3.05, 3.63) is 35.9 Å². The zero-order chi connectivity index (χ0) is 11.9. The second-order valence-electron chi connectivity index (χ2n) is 5.13. The van der Waals surface area contributed by atoms with E-state index in [1.54, 1.807) is 12.1 Å². The summed E-state index contributed by atoms with van der Waals surface area (Å²) in [4.78, 5) is 23.0. The average Bonchev–Trinajstić information content (AvgIpc) is 2.90. The first kappa shape index (κ1) is 10.5. The maximum atomic E-state index is 11.7. The van der Waals surface area contributed by atoms with Crippen molar-refractivity contribution in [3.63, 3.8) is 0 Å². The molecule has 0 heterocycles. The van der Waals surface area contributed by atoms with Gasteiger partial charge in [0.2, 0.25) is 0 Å². The van der Waals surface area contributed by atoms with Gasteiger partial charge in [-0.3, -0.25) is 4.79 Å². The average molecular weight is 230 g/mol. The van der Waals surface area contributed by atoms with E-state index >= 15 is 0 Å². The molecule has 2 aliphatic carbocycles. The van der Waals surface area contributed by atoms with Gasteiger partial charge in [-0.15, -0.1) is 0 Å². The smallest absolute Gasteiger partial charge is 0.338 e. The van der Waals surface area contributed by atoms with Crippen LogP contribution >= 0.6 is 0 Å². The zero-order valence-electron chi connectivity index (χ0n) is 9.52. The standard InChI is InChI=1S/C14H14O3/c15-12-6-11-7-14(11,8-12)9-17-13(16)10-4-2-1-3-5-10/h1-5,11H,6-9H2/t11-,14-/m1/s1. The number of carbonyl (C=O) groups is 2. The predicted octanol–water partition coefficient (Wildman–Crippen LogP) is 2.21. The Morgan fingerprint density at radius 3 is 2.76 bits per heavy atom. The molecule has 0 unspecified atom stereocenters. The fraction of sp³-hybridized carbons (Fsp3) is 0.429. The highest BCUT2D eigenvalue weighted by atomic mass is 16.5. The van der Waals surface area contributed by atoms with Crippen molar-refractivity contribution in [3.8, 4) is 0 Å². The molecule has 0 amide bonds. The third-order valence-corrected chi connectivity index (χ3v) is 3.88. The summed E-state index contributed by atoms with van der Waals surface area (Å²) in [6.07, 6.45) is 2.32. The summed E-state index contributed by atoms with van der Waals surface area (Å²) in [6.45, 7) is 0.400. The molecule has 2 atom stereocenters. The van der Waals surface area contributed by atoms with E-state index in [-0.39, 0.29) is 11.4 Å². The minimum atomic E-state index is -0.287. The van der Waals surface area contributed by atoms with Crippen LogP contribution in [0.15, 0.2) is 30.3 Å². The van der Waals surface area contributed by atoms with E-state index in [9.17, 15) is 9.59 Å². The molecular formula is C14H14O3. The van der Waals surface area contributed by atoms with Crippen molar-refractivity contribution >= 4 is 11.8 Å². The first-order valence-corrected chi connectivity index (χ1v) is 5.93. The van der Waals surface area contributed by atoms with Crippen LogP contribution in [0.2, 0.25) is 0 Å². The van der Waals surface area contributed by atoms with Gasteiger partial charge < -0.3 is 4.74 Å². The van der Waals surface area contributed by atoms with Crippen molar-refractivity contribution in [2.45, 2.75) is 19.3 Å². The topological polar surface area (TPSA) is 43.4 Å². The maximum absolute atomic E-state index is 11.7. The van der Waals surface area contributed by atoms with E-state index < -0.39 is 0 Å². The molecule has 0 spiro atoms. The molecule has 3 nitrogen and oxygen atoms in total. The van der Waals surface area contributed by atoms with Gasteiger partial charge in [0.25, 0.3) is 0 Å². The van der Waals surface area contributed by atoms with E-state index in [2.05, 4.69) is 0 Å². The first-order valence-electron chi connectivity index (χ1n) is 5.93. The molecule has 0 saturated heterocycles. The summed E-state index contributed by atoms with van der Waals surface area (Å²) < 4.78 is 5.31. The fourth-order valence-corrected chi connectivity index (χ4v) is 2.77. The highest BCUT2D eigenvalue weighted by Gasteiger charge is 2.60. The Labute approximate surface area is 99.8 Å². The SMILES string of the molecule is O=C1C[C@@H]2C[C@]2(COC(=O)c2ccccc2)C1. The van der Waals surface area contributed by atoms with Crippen LogP contribution < -0.4 is 0 Å². The van der Waals surface area contributed by atoms with Gasteiger partial charge in [0, 0.05) is 18.3 Å². The largest absolute Gasteiger partial charge is 0.461 e. The lowest BCUT2D eigenvalue weighted by atomic mass is 10.1. The van der Waals surface area contributed by atoms with Crippen LogP contribution in [0, 0.1) is 11.3 Å². The van der Waals surface area contributed by atoms with Crippen LogP contribution in [-0.2, 0) is 9.53 Å². The monoisotopic (exact) mass is 230 g/mol. The lowest BCUT2D eigenvalue weighted by Crippen LogP contribution is -2.16. The second-order valence-corrected chi connectivity index (χ2v) is 5.13. The molecule has 0 aromatic heterocycles. The minimum absolute atomic E-state index is 0.00151. The summed E-state index contributed by atoms with van der Waals surface area (Å²) in [5, 5.41) is 0. The fourth-order valence-electron chi connectivity index (χ4n) is 2.77. The number of fused-ring (bicyclic) bond motifs is 1. The number of Topliss-reactive ketones (excluding diaryl/α,β-unsaturated/α-hetero) is 1. The van der Waals surface area contributed by atoms with Crippen molar-refractivity contribution in [2.24, 2.45) is 11.3 Å². The Morgan fingerprint density at radius 2 is 2.12 bits per heavy atom. The summed E-state index contributed by atoms with van der Waals surface area (Å²) in [5.41, 5.74) is 0.576. The number of ether oxygens (including phenoxy) is 1. The van der Waals surface area contributed by atoms with Gasteiger partial charge >= 0.3 is 5.97 Å². The molecule has 2 fully saturated rings. The Morgan fingerprint density at radius 1 is 1.35 bits per heavy atom. The summed E-state index contributed by atoms with van der Waals surface area (Å²) in [7, 11) is 0. The molecule has 1 aromatic rings. The van der Waals surface area contributed by atoms with Crippen LogP contribution in [0.1, 0.15) is 29.6 Å². The van der Waals surface area contributed by atoms with Gasteiger partial charge in [-0.25, -0.2) is 4.79 Å². The highest BCUT2D eigenvalue weighted by Crippen LogP contribution is 2.62. The van der Waals surface area contributed by atoms with Crippen LogP contribution in [0.4, 0.5) is 0 Å². The third-order valence-electron chi connectivity index (χ3n) is 3.88. The first-order chi connectivity index (χ1) is 8.20. The molecular weight excluding hydrogens is 216 g/mol. The van der Waals surface area contributed by atoms with Crippen molar-refractivity contribution < 1.29 is 14.3 Å². The number of ketones is 1. The molecule has 2 aliphatic rings. The Hall–Kier alpha value is -1.64. The number of hydrogen-bond donors (Lipinski definition) is 0. The number of hydrogen-bond acceptors (Lipinski definition) is 3. The van der Waals surface area contributed by atoms with Crippen molar-refractivity contribution in [1.82, 2.24) is 0 Å². The minimum Gasteiger partial charge on any atom is -0.461 e. The van der Waals surface area contributed by atoms with E-state index in [0.29, 0.717) is 36.7 Å². The molecule has 88 valence electrons. The quantitative estimate of drug-likeness (QED) is 0.748. The van der Waals surface area contributed by atoms with E-state index in [4.69, 9.17) is 4.74 Å². The molecule has 3 rings (SSSR count). The number of rotatable bonds is 3. The van der Waals surface area contributed by atoms with Gasteiger partial charge in [-0.2, -0.15) is 0 Å². The molecule has 0 aliphatic heterocycles. The number of benzene rings is 1. The maximum Gasteiger partial charge on any atom is 0.338 e. The predicted molar refractivity (Wildman–Crippen MR) is 61.5 cm³/mol. The van der Waals surface area contributed by atoms with Crippen molar-refractivity contribution in [2.75, 3.05) is 6.61 Å². The van der Waals surface area contributed by atoms with Crippen LogP contribution in [0.5, 0.6) is 0 Å². The lowest BCUT2D eigenvalue weighted by molar-refractivity contribution is -0.118. The molecule has 0 N–H and O–H groups in total. The van der Waals surface area contributed by atoms with Gasteiger partial charge in [0.1, 0.15) is 5.78 Å². The number of carbonyl (C=O) groups excluding carboxylic acids is 2. The van der Waals surface area contributed by atoms with Gasteiger partial charge in [-0.05, 0) is 24.5 Å².